The SMILES string of the molecule is O=C(O)CCCCc1nc2cc(C(=O)N[C@H]3CCOc4ccccc43)ccc2nc1-c1ccc(Cl)cc1. The standard InChI is InChI=1S/C29H26ClN3O4/c30-20-12-9-18(10-13-20)28-24(6-2-4-8-27(34)35)31-25-17-19(11-14-23(25)32-28)29(36)33-22-15-16-37-26-7-3-1-5-21(22)26/h1,3,5,7,9-14,17,22H,2,4,6,8,15-16H2,(H,33,36)(H,34,35)/t22-/m0/s1. The molecule has 0 unspecified atom stereocenters. The van der Waals surface area contributed by atoms with E-state index in [0.29, 0.717) is 53.9 Å². The number of ether oxygens (including phenoxy) is 1. The number of benzene rings is 3. The number of carbonyl (C=O) groups is 2. The van der Waals surface area contributed by atoms with E-state index in [1.165, 1.54) is 0 Å². The van der Waals surface area contributed by atoms with Crippen molar-refractivity contribution in [3.63, 3.8) is 0 Å². The molecule has 0 saturated carbocycles. The summed E-state index contributed by atoms with van der Waals surface area (Å²) >= 11 is 6.07. The molecule has 0 spiro atoms. The van der Waals surface area contributed by atoms with Gasteiger partial charge < -0.3 is 15.2 Å². The third-order valence-electron chi connectivity index (χ3n) is 6.43. The lowest BCUT2D eigenvalue weighted by Gasteiger charge is -2.26. The van der Waals surface area contributed by atoms with Crippen molar-refractivity contribution in [1.29, 1.82) is 0 Å². The van der Waals surface area contributed by atoms with E-state index in [-0.39, 0.29) is 18.4 Å². The maximum Gasteiger partial charge on any atom is 0.303 e. The molecule has 1 atom stereocenters. The summed E-state index contributed by atoms with van der Waals surface area (Å²) in [4.78, 5) is 33.8. The Bertz CT molecular complexity index is 1460. The second-order valence-corrected chi connectivity index (χ2v) is 9.47. The average Bonchev–Trinajstić information content (AvgIpc) is 2.91. The monoisotopic (exact) mass is 515 g/mol. The highest BCUT2D eigenvalue weighted by Crippen LogP contribution is 2.32. The van der Waals surface area contributed by atoms with Crippen LogP contribution >= 0.6 is 11.6 Å². The van der Waals surface area contributed by atoms with E-state index in [2.05, 4.69) is 5.32 Å². The second kappa shape index (κ2) is 11.0. The Kier molecular flexibility index (Phi) is 7.32. The Balaban J connectivity index is 1.43. The van der Waals surface area contributed by atoms with Crippen LogP contribution in [0.1, 0.15) is 53.3 Å². The van der Waals surface area contributed by atoms with Crippen molar-refractivity contribution in [2.24, 2.45) is 0 Å². The topological polar surface area (TPSA) is 101 Å². The van der Waals surface area contributed by atoms with E-state index >= 15 is 0 Å². The molecule has 2 heterocycles. The van der Waals surface area contributed by atoms with Crippen molar-refractivity contribution in [2.75, 3.05) is 6.61 Å². The lowest BCUT2D eigenvalue weighted by atomic mass is 10.00. The summed E-state index contributed by atoms with van der Waals surface area (Å²) in [5.74, 6) is -0.203. The third-order valence-corrected chi connectivity index (χ3v) is 6.69. The number of amides is 1. The Labute approximate surface area is 219 Å². The summed E-state index contributed by atoms with van der Waals surface area (Å²) in [6.45, 7) is 0.546. The molecule has 188 valence electrons. The number of unbranched alkanes of at least 4 members (excludes halogenated alkanes) is 1. The zero-order valence-corrected chi connectivity index (χ0v) is 20.9. The van der Waals surface area contributed by atoms with Gasteiger partial charge in [-0.2, -0.15) is 0 Å². The molecule has 0 aliphatic carbocycles. The minimum atomic E-state index is -0.815. The van der Waals surface area contributed by atoms with Crippen molar-refractivity contribution < 1.29 is 19.4 Å². The van der Waals surface area contributed by atoms with Crippen molar-refractivity contribution in [3.05, 3.63) is 88.6 Å². The van der Waals surface area contributed by atoms with Crippen molar-refractivity contribution in [3.8, 4) is 17.0 Å². The van der Waals surface area contributed by atoms with E-state index in [0.717, 1.165) is 28.3 Å². The van der Waals surface area contributed by atoms with Gasteiger partial charge in [0.05, 0.1) is 35.1 Å². The molecule has 2 N–H and O–H groups in total. The smallest absolute Gasteiger partial charge is 0.303 e. The molecule has 3 aromatic carbocycles. The summed E-state index contributed by atoms with van der Waals surface area (Å²) in [6, 6.07) is 20.3. The van der Waals surface area contributed by atoms with Crippen LogP contribution in [0.3, 0.4) is 0 Å². The number of rotatable bonds is 8. The summed E-state index contributed by atoms with van der Waals surface area (Å²) in [6.07, 6.45) is 2.59. The fourth-order valence-corrected chi connectivity index (χ4v) is 4.67. The fourth-order valence-electron chi connectivity index (χ4n) is 4.55. The first kappa shape index (κ1) is 24.7. The molecule has 5 rings (SSSR count). The number of carboxylic acids is 1. The molecule has 0 bridgehead atoms. The van der Waals surface area contributed by atoms with Crippen LogP contribution in [0.2, 0.25) is 5.02 Å². The minimum Gasteiger partial charge on any atom is -0.493 e. The molecule has 1 aromatic heterocycles. The number of fused-ring (bicyclic) bond motifs is 2. The number of halogens is 1. The van der Waals surface area contributed by atoms with Gasteiger partial charge in [-0.1, -0.05) is 41.9 Å². The maximum absolute atomic E-state index is 13.2. The van der Waals surface area contributed by atoms with Crippen LogP contribution in [0.5, 0.6) is 5.75 Å². The highest BCUT2D eigenvalue weighted by Gasteiger charge is 2.23. The minimum absolute atomic E-state index is 0.108. The molecule has 4 aromatic rings. The number of carboxylic acid groups (broad SMARTS) is 1. The van der Waals surface area contributed by atoms with Crippen LogP contribution in [0.4, 0.5) is 0 Å². The molecule has 0 radical (unpaired) electrons. The molecular formula is C29H26ClN3O4. The van der Waals surface area contributed by atoms with Crippen molar-refractivity contribution >= 4 is 34.5 Å². The summed E-state index contributed by atoms with van der Waals surface area (Å²) < 4.78 is 5.71. The van der Waals surface area contributed by atoms with Gasteiger partial charge in [-0.05, 0) is 55.7 Å². The Morgan fingerprint density at radius 2 is 1.81 bits per heavy atom. The molecule has 1 aliphatic heterocycles. The first-order valence-corrected chi connectivity index (χ1v) is 12.7. The predicted molar refractivity (Wildman–Crippen MR) is 142 cm³/mol. The van der Waals surface area contributed by atoms with Gasteiger partial charge in [0.1, 0.15) is 5.75 Å². The third kappa shape index (κ3) is 5.73. The second-order valence-electron chi connectivity index (χ2n) is 9.03. The van der Waals surface area contributed by atoms with Crippen molar-refractivity contribution in [1.82, 2.24) is 15.3 Å². The van der Waals surface area contributed by atoms with Gasteiger partial charge in [-0.25, -0.2) is 9.97 Å². The van der Waals surface area contributed by atoms with Crippen LogP contribution in [0, 0.1) is 0 Å². The Morgan fingerprint density at radius 3 is 2.62 bits per heavy atom. The van der Waals surface area contributed by atoms with E-state index in [1.54, 1.807) is 24.3 Å². The number of nitrogens with zero attached hydrogens (tertiary/aromatic N) is 2. The zero-order chi connectivity index (χ0) is 25.8. The Morgan fingerprint density at radius 1 is 1.00 bits per heavy atom. The van der Waals surface area contributed by atoms with Gasteiger partial charge >= 0.3 is 5.97 Å². The number of hydrogen-bond donors (Lipinski definition) is 2. The van der Waals surface area contributed by atoms with Gasteiger partial charge in [0.15, 0.2) is 0 Å². The number of carbonyl (C=O) groups excluding carboxylic acids is 1. The van der Waals surface area contributed by atoms with E-state index in [9.17, 15) is 9.59 Å². The first-order chi connectivity index (χ1) is 18.0. The van der Waals surface area contributed by atoms with Crippen LogP contribution in [0.15, 0.2) is 66.7 Å². The number of nitrogens with one attached hydrogen (secondary N) is 1. The van der Waals surface area contributed by atoms with Crippen LogP contribution in [-0.4, -0.2) is 33.6 Å². The first-order valence-electron chi connectivity index (χ1n) is 12.3. The number of aliphatic carboxylic acids is 1. The van der Waals surface area contributed by atoms with Crippen molar-refractivity contribution in [2.45, 2.75) is 38.1 Å². The molecule has 0 fully saturated rings. The number of hydrogen-bond acceptors (Lipinski definition) is 5. The molecule has 1 amide bonds. The number of aryl methyl sites for hydroxylation is 1. The lowest BCUT2D eigenvalue weighted by Crippen LogP contribution is -2.32. The number of para-hydroxylation sites is 1. The van der Waals surface area contributed by atoms with Gasteiger partial charge in [-0.3, -0.25) is 9.59 Å². The van der Waals surface area contributed by atoms with Gasteiger partial charge in [-0.15, -0.1) is 0 Å². The molecule has 37 heavy (non-hydrogen) atoms. The lowest BCUT2D eigenvalue weighted by molar-refractivity contribution is -0.137. The van der Waals surface area contributed by atoms with Gasteiger partial charge in [0.2, 0.25) is 0 Å². The highest BCUT2D eigenvalue weighted by molar-refractivity contribution is 6.30. The molecular weight excluding hydrogens is 490 g/mol. The van der Waals surface area contributed by atoms with E-state index in [4.69, 9.17) is 31.4 Å². The quantitative estimate of drug-likeness (QED) is 0.279. The van der Waals surface area contributed by atoms with Crippen LogP contribution in [0.25, 0.3) is 22.3 Å². The summed E-state index contributed by atoms with van der Waals surface area (Å²) in [5, 5.41) is 12.7. The van der Waals surface area contributed by atoms with Crippen LogP contribution in [-0.2, 0) is 11.2 Å². The molecule has 1 aliphatic rings. The summed E-state index contributed by atoms with van der Waals surface area (Å²) in [5.41, 5.74) is 5.14. The average molecular weight is 516 g/mol. The molecule has 7 nitrogen and oxygen atoms in total. The van der Waals surface area contributed by atoms with E-state index < -0.39 is 5.97 Å². The summed E-state index contributed by atoms with van der Waals surface area (Å²) in [7, 11) is 0. The largest absolute Gasteiger partial charge is 0.493 e. The molecule has 8 heteroatoms. The van der Waals surface area contributed by atoms with Gasteiger partial charge in [0.25, 0.3) is 5.91 Å². The Hall–Kier alpha value is -3.97. The number of aromatic nitrogens is 2. The van der Waals surface area contributed by atoms with E-state index in [1.807, 2.05) is 42.5 Å². The normalized spacial score (nSPS) is 14.6. The van der Waals surface area contributed by atoms with Gasteiger partial charge in [0, 0.05) is 34.6 Å². The predicted octanol–water partition coefficient (Wildman–Crippen LogP) is 6.00. The maximum atomic E-state index is 13.2. The fraction of sp³-hybridized carbons (Fsp3) is 0.241. The molecule has 0 saturated heterocycles. The highest BCUT2D eigenvalue weighted by atomic mass is 35.5. The zero-order valence-electron chi connectivity index (χ0n) is 20.1. The van der Waals surface area contributed by atoms with Crippen LogP contribution < -0.4 is 10.1 Å².